The third kappa shape index (κ3) is 3.62. The van der Waals surface area contributed by atoms with Gasteiger partial charge in [-0.15, -0.1) is 0 Å². The summed E-state index contributed by atoms with van der Waals surface area (Å²) in [6.07, 6.45) is 8.41. The summed E-state index contributed by atoms with van der Waals surface area (Å²) >= 11 is 1.92. The minimum absolute atomic E-state index is 0.900. The van der Waals surface area contributed by atoms with E-state index in [-0.39, 0.29) is 0 Å². The summed E-state index contributed by atoms with van der Waals surface area (Å²) in [7, 11) is 0. The second kappa shape index (κ2) is 9.30. The first-order valence-corrected chi connectivity index (χ1v) is 15.2. The molecule has 0 unspecified atom stereocenters. The maximum Gasteiger partial charge on any atom is 0.137 e. The average Bonchev–Trinajstić information content (AvgIpc) is 3.39. The normalized spacial score (nSPS) is 13.6. The Morgan fingerprint density at radius 1 is 0.643 bits per heavy atom. The quantitative estimate of drug-likeness (QED) is 0.217. The molecule has 198 valence electrons. The van der Waals surface area contributed by atoms with Gasteiger partial charge in [0.05, 0.1) is 16.7 Å². The summed E-state index contributed by atoms with van der Waals surface area (Å²) in [6, 6.07) is 39.4. The number of fused-ring (bicyclic) bond motifs is 5. The number of para-hydroxylation sites is 1. The van der Waals surface area contributed by atoms with Crippen molar-refractivity contribution in [3.05, 3.63) is 139 Å². The molecule has 0 bridgehead atoms. The van der Waals surface area contributed by atoms with E-state index in [0.29, 0.717) is 0 Å². The molecule has 4 heteroatoms. The van der Waals surface area contributed by atoms with E-state index in [1.54, 1.807) is 0 Å². The van der Waals surface area contributed by atoms with Gasteiger partial charge < -0.3 is 0 Å². The van der Waals surface area contributed by atoms with Gasteiger partial charge >= 0.3 is 0 Å². The highest BCUT2D eigenvalue weighted by molar-refractivity contribution is 8.08. The predicted molar refractivity (Wildman–Crippen MR) is 175 cm³/mol. The number of hydrogen-bond acceptors (Lipinski definition) is 3. The molecule has 4 heterocycles. The fraction of sp³-hybridized carbons (Fsp3) is 0.0526. The van der Waals surface area contributed by atoms with Crippen LogP contribution in [0.3, 0.4) is 0 Å². The summed E-state index contributed by atoms with van der Waals surface area (Å²) in [6.45, 7) is 0. The number of hydrogen-bond donors (Lipinski definition) is 0. The number of aryl methyl sites for hydroxylation is 1. The summed E-state index contributed by atoms with van der Waals surface area (Å²) in [5.41, 5.74) is 12.3. The lowest BCUT2D eigenvalue weighted by Crippen LogP contribution is -2.04. The van der Waals surface area contributed by atoms with Crippen LogP contribution in [0, 0.1) is 0 Å². The number of pyridine rings is 2. The first kappa shape index (κ1) is 23.7. The second-order valence-corrected chi connectivity index (χ2v) is 12.0. The van der Waals surface area contributed by atoms with Gasteiger partial charge in [0, 0.05) is 38.5 Å². The Hall–Kier alpha value is -4.93. The van der Waals surface area contributed by atoms with Crippen LogP contribution in [0.1, 0.15) is 17.5 Å². The molecule has 1 aliphatic heterocycles. The maximum atomic E-state index is 4.89. The van der Waals surface area contributed by atoms with Crippen LogP contribution in [-0.4, -0.2) is 14.5 Å². The molecule has 1 aliphatic carbocycles. The van der Waals surface area contributed by atoms with E-state index in [4.69, 9.17) is 4.98 Å². The van der Waals surface area contributed by atoms with E-state index in [2.05, 4.69) is 107 Å². The molecule has 0 radical (unpaired) electrons. The van der Waals surface area contributed by atoms with Gasteiger partial charge in [-0.2, -0.15) is 0 Å². The average molecular weight is 556 g/mol. The molecule has 4 aromatic carbocycles. The number of nitrogens with zero attached hydrogens (tertiary/aromatic N) is 3. The largest absolute Gasteiger partial charge is 0.294 e. The van der Waals surface area contributed by atoms with Crippen molar-refractivity contribution in [2.24, 2.45) is 0 Å². The first-order chi connectivity index (χ1) is 20.8. The topological polar surface area (TPSA) is 30.7 Å². The summed E-state index contributed by atoms with van der Waals surface area (Å²) < 4.78 is 2.27. The van der Waals surface area contributed by atoms with Crippen LogP contribution >= 0.6 is 11.8 Å². The zero-order valence-corrected chi connectivity index (χ0v) is 23.6. The third-order valence-corrected chi connectivity index (χ3v) is 9.74. The molecule has 0 N–H and O–H groups in total. The van der Waals surface area contributed by atoms with Gasteiger partial charge in [0.25, 0.3) is 0 Å². The zero-order chi connectivity index (χ0) is 27.6. The van der Waals surface area contributed by atoms with Gasteiger partial charge in [-0.1, -0.05) is 72.4 Å². The molecular weight excluding hydrogens is 531 g/mol. The highest BCUT2D eigenvalue weighted by Gasteiger charge is 2.25. The van der Waals surface area contributed by atoms with Crippen molar-refractivity contribution >= 4 is 38.5 Å². The number of benzene rings is 4. The molecule has 0 fully saturated rings. The van der Waals surface area contributed by atoms with E-state index in [0.717, 1.165) is 41.0 Å². The highest BCUT2D eigenvalue weighted by atomic mass is 32.2. The molecule has 9 rings (SSSR count). The van der Waals surface area contributed by atoms with Gasteiger partial charge in [0.1, 0.15) is 5.82 Å². The Morgan fingerprint density at radius 3 is 2.40 bits per heavy atom. The van der Waals surface area contributed by atoms with Crippen molar-refractivity contribution in [1.29, 1.82) is 0 Å². The highest BCUT2D eigenvalue weighted by Crippen LogP contribution is 2.52. The van der Waals surface area contributed by atoms with E-state index >= 15 is 0 Å². The predicted octanol–water partition coefficient (Wildman–Crippen LogP) is 9.97. The number of allylic oxidation sites excluding steroid dienone is 1. The molecular formula is C38H25N3S. The Bertz CT molecular complexity index is 2210. The Labute approximate surface area is 248 Å². The molecule has 7 aromatic rings. The summed E-state index contributed by atoms with van der Waals surface area (Å²) in [5.74, 6) is 0.900. The summed E-state index contributed by atoms with van der Waals surface area (Å²) in [5, 5.41) is 2.46. The van der Waals surface area contributed by atoms with E-state index in [1.165, 1.54) is 54.0 Å². The number of rotatable bonds is 3. The molecule has 0 amide bonds. The van der Waals surface area contributed by atoms with Crippen LogP contribution in [0.4, 0.5) is 0 Å². The Morgan fingerprint density at radius 2 is 1.50 bits per heavy atom. The molecule has 42 heavy (non-hydrogen) atoms. The van der Waals surface area contributed by atoms with E-state index in [1.807, 2.05) is 42.4 Å². The van der Waals surface area contributed by atoms with Crippen LogP contribution in [0.2, 0.25) is 0 Å². The van der Waals surface area contributed by atoms with Gasteiger partial charge in [-0.05, 0) is 101 Å². The van der Waals surface area contributed by atoms with E-state index in [9.17, 15) is 0 Å². The molecule has 2 aliphatic rings. The fourth-order valence-corrected chi connectivity index (χ4v) is 7.80. The van der Waals surface area contributed by atoms with Crippen LogP contribution in [0.25, 0.3) is 66.0 Å². The monoisotopic (exact) mass is 555 g/mol. The molecule has 3 nitrogen and oxygen atoms in total. The summed E-state index contributed by atoms with van der Waals surface area (Å²) in [4.78, 5) is 12.1. The molecule has 3 aromatic heterocycles. The minimum Gasteiger partial charge on any atom is -0.294 e. The molecule has 0 atom stereocenters. The van der Waals surface area contributed by atoms with Gasteiger partial charge in [-0.3, -0.25) is 9.55 Å². The van der Waals surface area contributed by atoms with Gasteiger partial charge in [0.15, 0.2) is 0 Å². The van der Waals surface area contributed by atoms with Crippen LogP contribution in [0.15, 0.2) is 133 Å². The fourth-order valence-electron chi connectivity index (χ4n) is 6.61. The number of thioether (sulfide) groups is 1. The van der Waals surface area contributed by atoms with Crippen molar-refractivity contribution in [3.8, 4) is 39.3 Å². The molecule has 0 saturated heterocycles. The molecule has 0 spiro atoms. The lowest BCUT2D eigenvalue weighted by molar-refractivity contribution is 0.983. The van der Waals surface area contributed by atoms with Crippen LogP contribution in [0.5, 0.6) is 0 Å². The number of aromatic nitrogens is 3. The van der Waals surface area contributed by atoms with Crippen molar-refractivity contribution < 1.29 is 0 Å². The first-order valence-electron chi connectivity index (χ1n) is 14.4. The van der Waals surface area contributed by atoms with Crippen molar-refractivity contribution in [2.45, 2.75) is 17.7 Å². The maximum absolute atomic E-state index is 4.89. The lowest BCUT2D eigenvalue weighted by atomic mass is 9.88. The standard InChI is InChI=1S/C38H25N3S/c1-2-12-33-28(9-1)30-21-25(14-17-34(30)41(33)37-19-16-27(23-40-37)32-11-3-4-20-39-32)26-15-18-35-31(22-26)29-10-5-7-24-8-6-13-36(42-35)38(24)29/h1-5,7,9-23H,6,8H2. The van der Waals surface area contributed by atoms with Crippen LogP contribution in [-0.2, 0) is 6.42 Å². The Balaban J connectivity index is 1.17. The lowest BCUT2D eigenvalue weighted by Gasteiger charge is -2.27. The second-order valence-electron chi connectivity index (χ2n) is 11.0. The van der Waals surface area contributed by atoms with Crippen molar-refractivity contribution in [2.75, 3.05) is 0 Å². The Kier molecular flexibility index (Phi) is 5.26. The van der Waals surface area contributed by atoms with Crippen LogP contribution < -0.4 is 0 Å². The zero-order valence-electron chi connectivity index (χ0n) is 22.8. The van der Waals surface area contributed by atoms with Crippen molar-refractivity contribution in [1.82, 2.24) is 14.5 Å². The molecule has 0 saturated carbocycles. The third-order valence-electron chi connectivity index (χ3n) is 8.57. The minimum atomic E-state index is 0.900. The van der Waals surface area contributed by atoms with E-state index < -0.39 is 0 Å². The van der Waals surface area contributed by atoms with Gasteiger partial charge in [0.2, 0.25) is 0 Å². The smallest absolute Gasteiger partial charge is 0.137 e. The van der Waals surface area contributed by atoms with Crippen molar-refractivity contribution in [3.63, 3.8) is 0 Å². The van der Waals surface area contributed by atoms with Gasteiger partial charge in [-0.25, -0.2) is 4.98 Å². The SMILES string of the molecule is C1=C2Sc3ccc(-c4ccc5c(c4)c4ccccc4n5-c4ccc(-c5ccccn5)cn4)cc3-c3cccc(c32)CC1.